The third-order valence-corrected chi connectivity index (χ3v) is 8.54. The van der Waals surface area contributed by atoms with E-state index in [2.05, 4.69) is 28.2 Å². The number of halogens is 1. The van der Waals surface area contributed by atoms with E-state index in [9.17, 15) is 9.59 Å². The largest absolute Gasteiger partial charge is 0.491 e. The molecular weight excluding hydrogens is 464 g/mol. The van der Waals surface area contributed by atoms with Crippen LogP contribution in [0.4, 0.5) is 11.5 Å². The summed E-state index contributed by atoms with van der Waals surface area (Å²) in [6, 6.07) is 8.02. The van der Waals surface area contributed by atoms with Crippen LogP contribution in [0.5, 0.6) is 5.75 Å². The number of fused-ring (bicyclic) bond motifs is 3. The van der Waals surface area contributed by atoms with Gasteiger partial charge in [-0.05, 0) is 86.5 Å². The van der Waals surface area contributed by atoms with Gasteiger partial charge in [0.15, 0.2) is 0 Å². The molecule has 1 saturated heterocycles. The Labute approximate surface area is 210 Å². The summed E-state index contributed by atoms with van der Waals surface area (Å²) in [7, 11) is 0. The van der Waals surface area contributed by atoms with E-state index in [1.807, 2.05) is 23.1 Å². The molecule has 1 spiro atoms. The summed E-state index contributed by atoms with van der Waals surface area (Å²) in [6.45, 7) is 5.26. The van der Waals surface area contributed by atoms with Gasteiger partial charge in [0.25, 0.3) is 0 Å². The van der Waals surface area contributed by atoms with Gasteiger partial charge in [-0.25, -0.2) is 4.98 Å². The number of aryl methyl sites for hydroxylation is 1. The van der Waals surface area contributed by atoms with Crippen LogP contribution in [0.25, 0.3) is 0 Å². The fourth-order valence-electron chi connectivity index (χ4n) is 6.22. The molecule has 0 radical (unpaired) electrons. The van der Waals surface area contributed by atoms with Gasteiger partial charge in [-0.1, -0.05) is 18.5 Å². The lowest BCUT2D eigenvalue weighted by Crippen LogP contribution is -2.49. The molecule has 6 rings (SSSR count). The third-order valence-electron chi connectivity index (χ3n) is 8.30. The lowest BCUT2D eigenvalue weighted by Gasteiger charge is -2.43. The Morgan fingerprint density at radius 3 is 2.74 bits per heavy atom. The number of likely N-dealkylation sites (tertiary alicyclic amines) is 1. The SMILES string of the molecule is C[C@H]1C[C@H](N2C(=O)CCc3cc(OCCN4CCC5(CC4)C(=O)Nc4ccc(Cl)cc45)cnc32)C1. The van der Waals surface area contributed by atoms with Crippen molar-refractivity contribution < 1.29 is 14.3 Å². The minimum Gasteiger partial charge on any atom is -0.491 e. The van der Waals surface area contributed by atoms with Crippen molar-refractivity contribution in [2.45, 2.75) is 56.9 Å². The molecule has 4 aliphatic rings. The van der Waals surface area contributed by atoms with Crippen LogP contribution in [-0.2, 0) is 21.4 Å². The Morgan fingerprint density at radius 1 is 1.17 bits per heavy atom. The summed E-state index contributed by atoms with van der Waals surface area (Å²) in [5.74, 6) is 2.55. The van der Waals surface area contributed by atoms with Crippen LogP contribution in [0, 0.1) is 5.92 Å². The van der Waals surface area contributed by atoms with Crippen LogP contribution in [0.15, 0.2) is 30.5 Å². The number of benzene rings is 1. The van der Waals surface area contributed by atoms with Crippen molar-refractivity contribution in [3.05, 3.63) is 46.6 Å². The Hall–Kier alpha value is -2.64. The highest BCUT2D eigenvalue weighted by Gasteiger charge is 2.48. The molecule has 1 saturated carbocycles. The molecule has 0 atom stereocenters. The van der Waals surface area contributed by atoms with E-state index in [1.165, 1.54) is 0 Å². The standard InChI is InChI=1S/C27H31ClN4O3/c1-17-12-20(13-17)32-24(33)5-2-18-14-21(16-29-25(18)32)35-11-10-31-8-6-27(7-9-31)22-15-19(28)3-4-23(22)30-26(27)34/h3-4,14-17,20H,2,5-13H2,1H3,(H,30,34)/t17-,20-. The van der Waals surface area contributed by atoms with Crippen LogP contribution in [-0.4, -0.2) is 54.0 Å². The van der Waals surface area contributed by atoms with E-state index in [4.69, 9.17) is 16.3 Å². The van der Waals surface area contributed by atoms with Gasteiger partial charge < -0.3 is 10.1 Å². The Morgan fingerprint density at radius 2 is 1.97 bits per heavy atom. The number of carbonyl (C=O) groups excluding carboxylic acids is 2. The molecule has 184 valence electrons. The normalized spacial score (nSPS) is 25.1. The molecule has 1 aromatic carbocycles. The highest BCUT2D eigenvalue weighted by atomic mass is 35.5. The summed E-state index contributed by atoms with van der Waals surface area (Å²) in [5.41, 5.74) is 2.56. The van der Waals surface area contributed by atoms with E-state index in [0.29, 0.717) is 30.0 Å². The first-order valence-corrected chi connectivity index (χ1v) is 13.1. The zero-order valence-electron chi connectivity index (χ0n) is 20.1. The summed E-state index contributed by atoms with van der Waals surface area (Å²) in [5, 5.41) is 3.71. The van der Waals surface area contributed by atoms with Crippen molar-refractivity contribution in [1.82, 2.24) is 9.88 Å². The van der Waals surface area contributed by atoms with Crippen molar-refractivity contribution >= 4 is 34.9 Å². The number of anilines is 2. The van der Waals surface area contributed by atoms with Gasteiger partial charge in [0, 0.05) is 29.7 Å². The van der Waals surface area contributed by atoms with Crippen molar-refractivity contribution in [1.29, 1.82) is 0 Å². The van der Waals surface area contributed by atoms with Crippen molar-refractivity contribution in [3.63, 3.8) is 0 Å². The zero-order valence-corrected chi connectivity index (χ0v) is 20.8. The number of rotatable bonds is 5. The predicted molar refractivity (Wildman–Crippen MR) is 135 cm³/mol. The first-order chi connectivity index (χ1) is 16.9. The number of piperidine rings is 1. The summed E-state index contributed by atoms with van der Waals surface area (Å²) in [4.78, 5) is 34.3. The predicted octanol–water partition coefficient (Wildman–Crippen LogP) is 4.18. The minimum atomic E-state index is -0.471. The summed E-state index contributed by atoms with van der Waals surface area (Å²) < 4.78 is 6.06. The molecule has 7 nitrogen and oxygen atoms in total. The topological polar surface area (TPSA) is 74.8 Å². The Kier molecular flexibility index (Phi) is 5.72. The van der Waals surface area contributed by atoms with Crippen molar-refractivity contribution in [2.24, 2.45) is 5.92 Å². The number of hydrogen-bond donors (Lipinski definition) is 1. The van der Waals surface area contributed by atoms with Gasteiger partial charge in [-0.2, -0.15) is 0 Å². The first-order valence-electron chi connectivity index (χ1n) is 12.7. The molecule has 8 heteroatoms. The van der Waals surface area contributed by atoms with Crippen LogP contribution in [0.3, 0.4) is 0 Å². The average Bonchev–Trinajstić information content (AvgIpc) is 3.09. The monoisotopic (exact) mass is 494 g/mol. The molecular formula is C27H31ClN4O3. The first kappa shape index (κ1) is 22.8. The minimum absolute atomic E-state index is 0.0923. The fourth-order valence-corrected chi connectivity index (χ4v) is 6.39. The number of nitrogens with zero attached hydrogens (tertiary/aromatic N) is 3. The fraction of sp³-hybridized carbons (Fsp3) is 0.519. The molecule has 3 aliphatic heterocycles. The highest BCUT2D eigenvalue weighted by Crippen LogP contribution is 2.45. The molecule has 35 heavy (non-hydrogen) atoms. The zero-order chi connectivity index (χ0) is 24.2. The molecule has 2 amide bonds. The van der Waals surface area contributed by atoms with E-state index >= 15 is 0 Å². The number of ether oxygens (including phenoxy) is 1. The molecule has 2 aromatic rings. The van der Waals surface area contributed by atoms with Crippen LogP contribution >= 0.6 is 11.6 Å². The summed E-state index contributed by atoms with van der Waals surface area (Å²) in [6.07, 6.45) is 6.68. The second kappa shape index (κ2) is 8.79. The maximum atomic E-state index is 12.8. The highest BCUT2D eigenvalue weighted by molar-refractivity contribution is 6.31. The lowest BCUT2D eigenvalue weighted by molar-refractivity contribution is -0.122. The van der Waals surface area contributed by atoms with Gasteiger partial charge >= 0.3 is 0 Å². The number of pyridine rings is 1. The Bertz CT molecular complexity index is 1170. The van der Waals surface area contributed by atoms with Crippen LogP contribution in [0.2, 0.25) is 5.02 Å². The van der Waals surface area contributed by atoms with E-state index in [-0.39, 0.29) is 11.8 Å². The summed E-state index contributed by atoms with van der Waals surface area (Å²) >= 11 is 6.23. The molecule has 1 aliphatic carbocycles. The van der Waals surface area contributed by atoms with Crippen LogP contribution in [0.1, 0.15) is 50.2 Å². The average molecular weight is 495 g/mol. The molecule has 1 aromatic heterocycles. The molecule has 1 N–H and O–H groups in total. The van der Waals surface area contributed by atoms with E-state index in [1.54, 1.807) is 6.20 Å². The van der Waals surface area contributed by atoms with Gasteiger partial charge in [0.05, 0.1) is 11.6 Å². The van der Waals surface area contributed by atoms with Gasteiger partial charge in [0.1, 0.15) is 18.2 Å². The number of nitrogens with one attached hydrogen (secondary N) is 1. The number of hydrogen-bond acceptors (Lipinski definition) is 5. The number of aromatic nitrogens is 1. The second-order valence-corrected chi connectivity index (χ2v) is 11.0. The molecule has 0 bridgehead atoms. The van der Waals surface area contributed by atoms with Crippen molar-refractivity contribution in [3.8, 4) is 5.75 Å². The third kappa shape index (κ3) is 3.99. The molecule has 2 fully saturated rings. The quantitative estimate of drug-likeness (QED) is 0.675. The van der Waals surface area contributed by atoms with Gasteiger partial charge in [-0.15, -0.1) is 0 Å². The van der Waals surface area contributed by atoms with Crippen molar-refractivity contribution in [2.75, 3.05) is 36.5 Å². The van der Waals surface area contributed by atoms with E-state index in [0.717, 1.165) is 80.1 Å². The maximum absolute atomic E-state index is 12.8. The van der Waals surface area contributed by atoms with Crippen LogP contribution < -0.4 is 15.0 Å². The maximum Gasteiger partial charge on any atom is 0.235 e. The smallest absolute Gasteiger partial charge is 0.235 e. The lowest BCUT2D eigenvalue weighted by atomic mass is 9.73. The number of amides is 2. The van der Waals surface area contributed by atoms with Gasteiger partial charge in [-0.3, -0.25) is 19.4 Å². The molecule has 4 heterocycles. The molecule has 0 unspecified atom stereocenters. The Balaban J connectivity index is 1.05. The number of carbonyl (C=O) groups is 2. The second-order valence-electron chi connectivity index (χ2n) is 10.6. The van der Waals surface area contributed by atoms with E-state index < -0.39 is 5.41 Å². The van der Waals surface area contributed by atoms with Gasteiger partial charge in [0.2, 0.25) is 11.8 Å².